The number of hydrogen-bond donors (Lipinski definition) is 2. The molecule has 0 saturated carbocycles. The van der Waals surface area contributed by atoms with Crippen LogP contribution in [0.15, 0.2) is 0 Å². The van der Waals surface area contributed by atoms with E-state index in [1.54, 1.807) is 0 Å². The second-order valence-corrected chi connectivity index (χ2v) is 1.69. The molecule has 0 aliphatic heterocycles. The Morgan fingerprint density at radius 3 is 2.78 bits per heavy atom. The van der Waals surface area contributed by atoms with E-state index in [1.807, 2.05) is 0 Å². The fourth-order valence-corrected chi connectivity index (χ4v) is 0.446. The quantitative estimate of drug-likeness (QED) is 0.412. The van der Waals surface area contributed by atoms with Crippen molar-refractivity contribution < 1.29 is 5.11 Å². The Kier molecular flexibility index (Phi) is 7.05. The smallest absolute Gasteiger partial charge is 0.104 e. The van der Waals surface area contributed by atoms with Gasteiger partial charge in [-0.3, -0.25) is 0 Å². The molecule has 2 N–H and O–H groups in total. The maximum absolute atomic E-state index is 8.22. The van der Waals surface area contributed by atoms with Crippen molar-refractivity contribution in [2.45, 2.75) is 13.3 Å². The van der Waals surface area contributed by atoms with Gasteiger partial charge in [0.05, 0.1) is 6.54 Å². The third-order valence-corrected chi connectivity index (χ3v) is 0.844. The van der Waals surface area contributed by atoms with Crippen LogP contribution in [-0.2, 0) is 0 Å². The normalized spacial score (nSPS) is 8.22. The molecule has 52 valence electrons. The first-order valence-electron chi connectivity index (χ1n) is 3.19. The maximum atomic E-state index is 8.22. The van der Waals surface area contributed by atoms with E-state index >= 15 is 0 Å². The van der Waals surface area contributed by atoms with E-state index in [0.717, 1.165) is 13.0 Å². The molecule has 0 bridgehead atoms. The van der Waals surface area contributed by atoms with Crippen LogP contribution in [0.25, 0.3) is 0 Å². The molecule has 0 aromatic carbocycles. The van der Waals surface area contributed by atoms with Gasteiger partial charge in [0.15, 0.2) is 0 Å². The Morgan fingerprint density at radius 2 is 2.22 bits per heavy atom. The lowest BCUT2D eigenvalue weighted by atomic mass is 10.5. The van der Waals surface area contributed by atoms with Gasteiger partial charge < -0.3 is 10.4 Å². The minimum Gasteiger partial charge on any atom is -0.384 e. The van der Waals surface area contributed by atoms with Crippen molar-refractivity contribution in [3.8, 4) is 11.8 Å². The Labute approximate surface area is 56.3 Å². The van der Waals surface area contributed by atoms with Crippen LogP contribution in [0.5, 0.6) is 0 Å². The van der Waals surface area contributed by atoms with Crippen LogP contribution in [0.1, 0.15) is 13.3 Å². The predicted molar refractivity (Wildman–Crippen MR) is 38.0 cm³/mol. The summed E-state index contributed by atoms with van der Waals surface area (Å²) in [6, 6.07) is 0. The van der Waals surface area contributed by atoms with Gasteiger partial charge in [0.1, 0.15) is 6.61 Å². The standard InChI is InChI=1S/C7H13NO/c1-2-5-8-6-3-4-7-9/h8-9H,2,5-7H2,1H3. The first kappa shape index (κ1) is 8.48. The second-order valence-electron chi connectivity index (χ2n) is 1.69. The van der Waals surface area contributed by atoms with E-state index < -0.39 is 0 Å². The third kappa shape index (κ3) is 7.48. The molecule has 0 heterocycles. The largest absolute Gasteiger partial charge is 0.384 e. The SMILES string of the molecule is CCCNCC#CCO. The minimum absolute atomic E-state index is 0.0339. The molecule has 0 rings (SSSR count). The predicted octanol–water partition coefficient (Wildman–Crippen LogP) is -0.0183. The lowest BCUT2D eigenvalue weighted by molar-refractivity contribution is 0.350. The molecule has 2 nitrogen and oxygen atoms in total. The molecule has 0 atom stereocenters. The first-order valence-corrected chi connectivity index (χ1v) is 3.19. The summed E-state index contributed by atoms with van der Waals surface area (Å²) < 4.78 is 0. The molecule has 0 unspecified atom stereocenters. The van der Waals surface area contributed by atoms with Gasteiger partial charge >= 0.3 is 0 Å². The van der Waals surface area contributed by atoms with Crippen LogP contribution in [0.3, 0.4) is 0 Å². The summed E-state index contributed by atoms with van der Waals surface area (Å²) in [5, 5.41) is 11.3. The van der Waals surface area contributed by atoms with E-state index in [4.69, 9.17) is 5.11 Å². The number of aliphatic hydroxyl groups excluding tert-OH is 1. The van der Waals surface area contributed by atoms with Crippen molar-refractivity contribution in [1.29, 1.82) is 0 Å². The molecule has 0 spiro atoms. The van der Waals surface area contributed by atoms with Gasteiger partial charge in [0.2, 0.25) is 0 Å². The zero-order valence-corrected chi connectivity index (χ0v) is 5.78. The highest BCUT2D eigenvalue weighted by atomic mass is 16.2. The Bertz CT molecular complexity index is 101. The molecule has 9 heavy (non-hydrogen) atoms. The van der Waals surface area contributed by atoms with Gasteiger partial charge in [-0.25, -0.2) is 0 Å². The van der Waals surface area contributed by atoms with E-state index in [-0.39, 0.29) is 6.61 Å². The minimum atomic E-state index is -0.0339. The molecule has 0 aromatic rings. The molecule has 0 fully saturated rings. The molecule has 0 aliphatic rings. The van der Waals surface area contributed by atoms with Gasteiger partial charge in [0.25, 0.3) is 0 Å². The molecule has 0 saturated heterocycles. The van der Waals surface area contributed by atoms with E-state index in [1.165, 1.54) is 0 Å². The Hall–Kier alpha value is -0.520. The lowest BCUT2D eigenvalue weighted by Crippen LogP contribution is -2.14. The van der Waals surface area contributed by atoms with Gasteiger partial charge in [-0.05, 0) is 13.0 Å². The molecule has 2 heteroatoms. The maximum Gasteiger partial charge on any atom is 0.104 e. The highest BCUT2D eigenvalue weighted by molar-refractivity contribution is 5.00. The molecular weight excluding hydrogens is 114 g/mol. The zero-order valence-electron chi connectivity index (χ0n) is 5.78. The van der Waals surface area contributed by atoms with Gasteiger partial charge in [-0.15, -0.1) is 0 Å². The molecular formula is C7H13NO. The van der Waals surface area contributed by atoms with Crippen LogP contribution in [0.2, 0.25) is 0 Å². The van der Waals surface area contributed by atoms with Crippen molar-refractivity contribution in [2.75, 3.05) is 19.7 Å². The fraction of sp³-hybridized carbons (Fsp3) is 0.714. The topological polar surface area (TPSA) is 32.3 Å². The second kappa shape index (κ2) is 7.48. The zero-order chi connectivity index (χ0) is 6.95. The summed E-state index contributed by atoms with van der Waals surface area (Å²) in [5.41, 5.74) is 0. The van der Waals surface area contributed by atoms with Crippen molar-refractivity contribution in [1.82, 2.24) is 5.32 Å². The highest BCUT2D eigenvalue weighted by Crippen LogP contribution is 1.66. The van der Waals surface area contributed by atoms with Crippen molar-refractivity contribution in [3.63, 3.8) is 0 Å². The van der Waals surface area contributed by atoms with Crippen molar-refractivity contribution >= 4 is 0 Å². The van der Waals surface area contributed by atoms with Crippen LogP contribution in [0, 0.1) is 11.8 Å². The van der Waals surface area contributed by atoms with Crippen LogP contribution >= 0.6 is 0 Å². The van der Waals surface area contributed by atoms with Gasteiger partial charge in [-0.1, -0.05) is 18.8 Å². The lowest BCUT2D eigenvalue weighted by Gasteiger charge is -1.92. The summed E-state index contributed by atoms with van der Waals surface area (Å²) in [4.78, 5) is 0. The first-order chi connectivity index (χ1) is 4.41. The fourth-order valence-electron chi connectivity index (χ4n) is 0.446. The third-order valence-electron chi connectivity index (χ3n) is 0.844. The summed E-state index contributed by atoms with van der Waals surface area (Å²) in [5.74, 6) is 5.31. The van der Waals surface area contributed by atoms with Crippen LogP contribution < -0.4 is 5.32 Å². The monoisotopic (exact) mass is 127 g/mol. The van der Waals surface area contributed by atoms with E-state index in [9.17, 15) is 0 Å². The molecule has 0 amide bonds. The summed E-state index contributed by atoms with van der Waals surface area (Å²) in [7, 11) is 0. The summed E-state index contributed by atoms with van der Waals surface area (Å²) >= 11 is 0. The molecule has 0 aliphatic carbocycles. The number of rotatable bonds is 3. The van der Waals surface area contributed by atoms with Gasteiger partial charge in [-0.2, -0.15) is 0 Å². The molecule has 0 aromatic heterocycles. The van der Waals surface area contributed by atoms with Crippen LogP contribution in [-0.4, -0.2) is 24.8 Å². The summed E-state index contributed by atoms with van der Waals surface area (Å²) in [6.07, 6.45) is 1.13. The van der Waals surface area contributed by atoms with Crippen molar-refractivity contribution in [3.05, 3.63) is 0 Å². The number of hydrogen-bond acceptors (Lipinski definition) is 2. The van der Waals surface area contributed by atoms with E-state index in [0.29, 0.717) is 6.54 Å². The van der Waals surface area contributed by atoms with Gasteiger partial charge in [0, 0.05) is 0 Å². The molecule has 0 radical (unpaired) electrons. The number of aliphatic hydroxyl groups is 1. The van der Waals surface area contributed by atoms with E-state index in [2.05, 4.69) is 24.1 Å². The summed E-state index contributed by atoms with van der Waals surface area (Å²) in [6.45, 7) is 3.76. The average Bonchev–Trinajstić information content (AvgIpc) is 1.89. The van der Waals surface area contributed by atoms with Crippen molar-refractivity contribution in [2.24, 2.45) is 0 Å². The van der Waals surface area contributed by atoms with Crippen LogP contribution in [0.4, 0.5) is 0 Å². The highest BCUT2D eigenvalue weighted by Gasteiger charge is 1.75. The number of nitrogens with one attached hydrogen (secondary N) is 1. The average molecular weight is 127 g/mol. The Balaban J connectivity index is 2.90. The Morgan fingerprint density at radius 1 is 1.44 bits per heavy atom.